The number of pyridine rings is 1. The molecule has 9 aromatic rings. The number of hydrogen-bond donors (Lipinski definition) is 0. The minimum absolute atomic E-state index is 0.608. The molecule has 0 amide bonds. The molecule has 0 bridgehead atoms. The highest BCUT2D eigenvalue weighted by molar-refractivity contribution is 6.02. The Morgan fingerprint density at radius 2 is 0.712 bits per heavy atom. The van der Waals surface area contributed by atoms with Crippen LogP contribution in [0.1, 0.15) is 0 Å². The van der Waals surface area contributed by atoms with Gasteiger partial charge in [-0.05, 0) is 51.1 Å². The Balaban J connectivity index is 1.29. The maximum absolute atomic E-state index is 5.07. The van der Waals surface area contributed by atoms with Gasteiger partial charge in [-0.15, -0.1) is 0 Å². The minimum Gasteiger partial charge on any atom is -0.256 e. The number of benzene rings is 7. The first-order valence-electron chi connectivity index (χ1n) is 17.4. The molecule has 0 fully saturated rings. The molecule has 0 atom stereocenters. The van der Waals surface area contributed by atoms with Crippen LogP contribution < -0.4 is 0 Å². The number of nitrogens with zero attached hydrogens (tertiary/aromatic N) is 4. The molecule has 4 heteroatoms. The Bertz CT molecular complexity index is 2610. The summed E-state index contributed by atoms with van der Waals surface area (Å²) in [4.78, 5) is 20.0. The molecule has 0 saturated carbocycles. The molecule has 9 rings (SSSR count). The Kier molecular flexibility index (Phi) is 8.16. The van der Waals surface area contributed by atoms with E-state index in [0.29, 0.717) is 17.5 Å². The topological polar surface area (TPSA) is 51.6 Å². The summed E-state index contributed by atoms with van der Waals surface area (Å²) in [5.74, 6) is 1.87. The summed E-state index contributed by atoms with van der Waals surface area (Å²) in [6.07, 6.45) is 1.86. The molecule has 2 aromatic heterocycles. The summed E-state index contributed by atoms with van der Waals surface area (Å²) in [5.41, 5.74) is 12.7. The maximum Gasteiger partial charge on any atom is 0.164 e. The monoisotopic (exact) mass is 664 g/mol. The minimum atomic E-state index is 0.608. The van der Waals surface area contributed by atoms with Crippen molar-refractivity contribution >= 4 is 10.9 Å². The lowest BCUT2D eigenvalue weighted by Gasteiger charge is -2.19. The van der Waals surface area contributed by atoms with Crippen molar-refractivity contribution in [3.8, 4) is 78.7 Å². The third kappa shape index (κ3) is 5.93. The molecule has 0 aliphatic carbocycles. The summed E-state index contributed by atoms with van der Waals surface area (Å²) < 4.78 is 0. The predicted octanol–water partition coefficient (Wildman–Crippen LogP) is 12.1. The Hall–Kier alpha value is -7.04. The van der Waals surface area contributed by atoms with E-state index in [0.717, 1.165) is 55.4 Å². The second-order valence-corrected chi connectivity index (χ2v) is 12.6. The summed E-state index contributed by atoms with van der Waals surface area (Å²) in [7, 11) is 0. The Morgan fingerprint density at radius 3 is 1.31 bits per heavy atom. The fourth-order valence-corrected chi connectivity index (χ4v) is 6.94. The van der Waals surface area contributed by atoms with Gasteiger partial charge in [-0.25, -0.2) is 15.0 Å². The van der Waals surface area contributed by atoms with Crippen molar-refractivity contribution in [2.45, 2.75) is 0 Å². The molecule has 0 radical (unpaired) electrons. The lowest BCUT2D eigenvalue weighted by molar-refractivity contribution is 1.07. The van der Waals surface area contributed by atoms with Crippen LogP contribution >= 0.6 is 0 Å². The number of para-hydroxylation sites is 1. The first kappa shape index (κ1) is 31.0. The number of rotatable bonds is 7. The molecule has 0 spiro atoms. The largest absolute Gasteiger partial charge is 0.256 e. The van der Waals surface area contributed by atoms with E-state index in [1.54, 1.807) is 0 Å². The standard InChI is InChI=1S/C48H32N4/c1-4-16-33(17-5-1)38-24-10-11-25-39(38)40-26-12-13-27-41(40)42-30-29-37(32-44(42)43-28-14-22-34-23-15-31-49-45(34)43)48-51-46(35-18-6-2-7-19-35)50-47(52-48)36-20-8-3-9-21-36/h1-32H. The second kappa shape index (κ2) is 13.7. The molecule has 0 aliphatic heterocycles. The van der Waals surface area contributed by atoms with Gasteiger partial charge in [0.1, 0.15) is 0 Å². The van der Waals surface area contributed by atoms with Crippen LogP contribution in [-0.4, -0.2) is 19.9 Å². The first-order chi connectivity index (χ1) is 25.8. The zero-order valence-electron chi connectivity index (χ0n) is 28.3. The van der Waals surface area contributed by atoms with E-state index in [1.807, 2.05) is 72.9 Å². The lowest BCUT2D eigenvalue weighted by Crippen LogP contribution is -2.00. The van der Waals surface area contributed by atoms with E-state index in [2.05, 4.69) is 121 Å². The number of fused-ring (bicyclic) bond motifs is 1. The van der Waals surface area contributed by atoms with Crippen LogP contribution in [0.2, 0.25) is 0 Å². The van der Waals surface area contributed by atoms with E-state index in [1.165, 1.54) is 16.7 Å². The average Bonchev–Trinajstić information content (AvgIpc) is 3.24. The molecule has 2 heterocycles. The Morgan fingerprint density at radius 1 is 0.269 bits per heavy atom. The number of hydrogen-bond acceptors (Lipinski definition) is 4. The molecule has 7 aromatic carbocycles. The highest BCUT2D eigenvalue weighted by Gasteiger charge is 2.19. The smallest absolute Gasteiger partial charge is 0.164 e. The van der Waals surface area contributed by atoms with Crippen LogP contribution in [-0.2, 0) is 0 Å². The second-order valence-electron chi connectivity index (χ2n) is 12.6. The fraction of sp³-hybridized carbons (Fsp3) is 0. The van der Waals surface area contributed by atoms with Gasteiger partial charge in [-0.1, -0.05) is 176 Å². The molecule has 52 heavy (non-hydrogen) atoms. The lowest BCUT2D eigenvalue weighted by atomic mass is 9.85. The van der Waals surface area contributed by atoms with Crippen molar-refractivity contribution in [1.29, 1.82) is 0 Å². The molecule has 244 valence electrons. The summed E-state index contributed by atoms with van der Waals surface area (Å²) in [5, 5.41) is 1.08. The van der Waals surface area contributed by atoms with E-state index in [9.17, 15) is 0 Å². The van der Waals surface area contributed by atoms with E-state index >= 15 is 0 Å². The van der Waals surface area contributed by atoms with Crippen LogP contribution in [0.5, 0.6) is 0 Å². The predicted molar refractivity (Wildman–Crippen MR) is 213 cm³/mol. The molecular formula is C48H32N4. The van der Waals surface area contributed by atoms with Gasteiger partial charge < -0.3 is 0 Å². The van der Waals surface area contributed by atoms with Crippen molar-refractivity contribution in [3.63, 3.8) is 0 Å². The van der Waals surface area contributed by atoms with Crippen LogP contribution in [0.4, 0.5) is 0 Å². The zero-order chi connectivity index (χ0) is 34.7. The fourth-order valence-electron chi connectivity index (χ4n) is 6.94. The third-order valence-corrected chi connectivity index (χ3v) is 9.42. The van der Waals surface area contributed by atoms with Crippen LogP contribution in [0.25, 0.3) is 89.6 Å². The van der Waals surface area contributed by atoms with Crippen molar-refractivity contribution in [2.24, 2.45) is 0 Å². The average molecular weight is 665 g/mol. The molecular weight excluding hydrogens is 633 g/mol. The molecule has 4 nitrogen and oxygen atoms in total. The quantitative estimate of drug-likeness (QED) is 0.170. The van der Waals surface area contributed by atoms with Crippen LogP contribution in [0, 0.1) is 0 Å². The van der Waals surface area contributed by atoms with Crippen LogP contribution in [0.3, 0.4) is 0 Å². The van der Waals surface area contributed by atoms with Crippen molar-refractivity contribution in [3.05, 3.63) is 194 Å². The van der Waals surface area contributed by atoms with E-state index in [-0.39, 0.29) is 0 Å². The van der Waals surface area contributed by atoms with Crippen molar-refractivity contribution in [2.75, 3.05) is 0 Å². The van der Waals surface area contributed by atoms with Gasteiger partial charge in [0.15, 0.2) is 17.5 Å². The van der Waals surface area contributed by atoms with E-state index in [4.69, 9.17) is 19.9 Å². The molecule has 0 saturated heterocycles. The summed E-state index contributed by atoms with van der Waals surface area (Å²) in [6, 6.07) is 65.2. The summed E-state index contributed by atoms with van der Waals surface area (Å²) in [6.45, 7) is 0. The number of aromatic nitrogens is 4. The molecule has 0 N–H and O–H groups in total. The normalized spacial score (nSPS) is 11.1. The van der Waals surface area contributed by atoms with Gasteiger partial charge >= 0.3 is 0 Å². The Labute approximate surface area is 302 Å². The maximum atomic E-state index is 5.07. The molecule has 0 aliphatic rings. The van der Waals surface area contributed by atoms with Gasteiger partial charge in [-0.2, -0.15) is 0 Å². The highest BCUT2D eigenvalue weighted by atomic mass is 15.0. The van der Waals surface area contributed by atoms with Gasteiger partial charge in [-0.3, -0.25) is 4.98 Å². The third-order valence-electron chi connectivity index (χ3n) is 9.42. The van der Waals surface area contributed by atoms with Crippen LogP contribution in [0.15, 0.2) is 194 Å². The van der Waals surface area contributed by atoms with Gasteiger partial charge in [0.25, 0.3) is 0 Å². The van der Waals surface area contributed by atoms with Gasteiger partial charge in [0.2, 0.25) is 0 Å². The SMILES string of the molecule is c1ccc(-c2nc(-c3ccccc3)nc(-c3ccc(-c4ccccc4-c4ccccc4-c4ccccc4)c(-c4cccc5cccnc45)c3)n2)cc1. The summed E-state index contributed by atoms with van der Waals surface area (Å²) >= 11 is 0. The molecule has 0 unspecified atom stereocenters. The van der Waals surface area contributed by atoms with E-state index < -0.39 is 0 Å². The van der Waals surface area contributed by atoms with Gasteiger partial charge in [0, 0.05) is 33.8 Å². The zero-order valence-corrected chi connectivity index (χ0v) is 28.3. The first-order valence-corrected chi connectivity index (χ1v) is 17.4. The van der Waals surface area contributed by atoms with Gasteiger partial charge in [0.05, 0.1) is 5.52 Å². The van der Waals surface area contributed by atoms with Crippen molar-refractivity contribution < 1.29 is 0 Å². The van der Waals surface area contributed by atoms with Crippen molar-refractivity contribution in [1.82, 2.24) is 19.9 Å². The highest BCUT2D eigenvalue weighted by Crippen LogP contribution is 2.43.